The Bertz CT molecular complexity index is 537. The SMILES string of the molecule is CC(C)C(CNC(=O)C1CC1c1ccccc1)N1CCN(C)CC1. The van der Waals surface area contributed by atoms with Gasteiger partial charge in [0.15, 0.2) is 0 Å². The molecule has 0 aromatic heterocycles. The minimum Gasteiger partial charge on any atom is -0.354 e. The predicted octanol–water partition coefficient (Wildman–Crippen LogP) is 2.18. The smallest absolute Gasteiger partial charge is 0.223 e. The van der Waals surface area contributed by atoms with Gasteiger partial charge < -0.3 is 10.2 Å². The van der Waals surface area contributed by atoms with Crippen LogP contribution in [0, 0.1) is 11.8 Å². The molecule has 3 unspecified atom stereocenters. The van der Waals surface area contributed by atoms with Gasteiger partial charge in [0, 0.05) is 44.7 Å². The first kappa shape index (κ1) is 17.4. The molecule has 1 aromatic rings. The molecule has 1 aromatic carbocycles. The fraction of sp³-hybridized carbons (Fsp3) is 0.650. The molecule has 0 spiro atoms. The van der Waals surface area contributed by atoms with E-state index >= 15 is 0 Å². The number of piperazine rings is 1. The van der Waals surface area contributed by atoms with E-state index in [1.807, 2.05) is 6.07 Å². The van der Waals surface area contributed by atoms with Gasteiger partial charge in [-0.2, -0.15) is 0 Å². The van der Waals surface area contributed by atoms with E-state index in [-0.39, 0.29) is 11.8 Å². The molecule has 1 heterocycles. The highest BCUT2D eigenvalue weighted by Gasteiger charge is 2.43. The first-order chi connectivity index (χ1) is 11.6. The summed E-state index contributed by atoms with van der Waals surface area (Å²) in [7, 11) is 2.18. The molecule has 3 atom stereocenters. The van der Waals surface area contributed by atoms with Crippen molar-refractivity contribution in [1.29, 1.82) is 0 Å². The van der Waals surface area contributed by atoms with Crippen molar-refractivity contribution in [1.82, 2.24) is 15.1 Å². The zero-order chi connectivity index (χ0) is 17.1. The molecule has 3 rings (SSSR count). The van der Waals surface area contributed by atoms with Crippen LogP contribution in [0.2, 0.25) is 0 Å². The molecule has 0 bridgehead atoms. The van der Waals surface area contributed by atoms with Crippen LogP contribution in [-0.2, 0) is 4.79 Å². The number of rotatable bonds is 6. The lowest BCUT2D eigenvalue weighted by molar-refractivity contribution is -0.122. The van der Waals surface area contributed by atoms with Gasteiger partial charge in [-0.25, -0.2) is 0 Å². The molecule has 1 saturated carbocycles. The monoisotopic (exact) mass is 329 g/mol. The Labute approximate surface area is 146 Å². The molecule has 24 heavy (non-hydrogen) atoms. The van der Waals surface area contributed by atoms with E-state index in [0.717, 1.165) is 39.1 Å². The lowest BCUT2D eigenvalue weighted by atomic mass is 10.0. The van der Waals surface area contributed by atoms with Crippen molar-refractivity contribution >= 4 is 5.91 Å². The third-order valence-corrected chi connectivity index (χ3v) is 5.62. The molecule has 0 radical (unpaired) electrons. The van der Waals surface area contributed by atoms with Crippen molar-refractivity contribution in [2.45, 2.75) is 32.2 Å². The van der Waals surface area contributed by atoms with Gasteiger partial charge in [0.05, 0.1) is 0 Å². The summed E-state index contributed by atoms with van der Waals surface area (Å²) in [5.74, 6) is 1.39. The number of carbonyl (C=O) groups is 1. The van der Waals surface area contributed by atoms with Gasteiger partial charge in [-0.1, -0.05) is 44.2 Å². The summed E-state index contributed by atoms with van der Waals surface area (Å²) in [5, 5.41) is 3.24. The minimum atomic E-state index is 0.174. The number of benzene rings is 1. The summed E-state index contributed by atoms with van der Waals surface area (Å²) < 4.78 is 0. The summed E-state index contributed by atoms with van der Waals surface area (Å²) in [6.07, 6.45) is 0.997. The Morgan fingerprint density at radius 3 is 2.46 bits per heavy atom. The molecule has 2 aliphatic rings. The number of nitrogens with zero attached hydrogens (tertiary/aromatic N) is 2. The second kappa shape index (κ2) is 7.66. The highest BCUT2D eigenvalue weighted by Crippen LogP contribution is 2.47. The van der Waals surface area contributed by atoms with Crippen molar-refractivity contribution in [2.75, 3.05) is 39.8 Å². The lowest BCUT2D eigenvalue weighted by Gasteiger charge is -2.40. The molecule has 4 heteroatoms. The van der Waals surface area contributed by atoms with Crippen LogP contribution in [0.15, 0.2) is 30.3 Å². The second-order valence-electron chi connectivity index (χ2n) is 7.76. The molecule has 1 aliphatic carbocycles. The van der Waals surface area contributed by atoms with Crippen LogP contribution in [0.25, 0.3) is 0 Å². The summed E-state index contributed by atoms with van der Waals surface area (Å²) in [6, 6.07) is 10.9. The Morgan fingerprint density at radius 1 is 1.17 bits per heavy atom. The number of nitrogens with one attached hydrogen (secondary N) is 1. The van der Waals surface area contributed by atoms with Gasteiger partial charge in [0.25, 0.3) is 0 Å². The van der Waals surface area contributed by atoms with E-state index in [2.05, 4.69) is 60.3 Å². The first-order valence-corrected chi connectivity index (χ1v) is 9.31. The van der Waals surface area contributed by atoms with Crippen LogP contribution in [-0.4, -0.2) is 61.5 Å². The molecule has 132 valence electrons. The van der Waals surface area contributed by atoms with Crippen LogP contribution in [0.3, 0.4) is 0 Å². The van der Waals surface area contributed by atoms with Crippen LogP contribution in [0.5, 0.6) is 0 Å². The zero-order valence-corrected chi connectivity index (χ0v) is 15.2. The summed E-state index contributed by atoms with van der Waals surface area (Å²) in [6.45, 7) is 9.75. The van der Waals surface area contributed by atoms with Crippen molar-refractivity contribution in [2.24, 2.45) is 11.8 Å². The number of carbonyl (C=O) groups excluding carboxylic acids is 1. The van der Waals surface area contributed by atoms with E-state index in [4.69, 9.17) is 0 Å². The molecule has 2 fully saturated rings. The number of hydrogen-bond donors (Lipinski definition) is 1. The highest BCUT2D eigenvalue weighted by atomic mass is 16.2. The predicted molar refractivity (Wildman–Crippen MR) is 98.0 cm³/mol. The van der Waals surface area contributed by atoms with Gasteiger partial charge in [0.1, 0.15) is 0 Å². The molecule has 1 amide bonds. The van der Waals surface area contributed by atoms with Crippen molar-refractivity contribution in [3.05, 3.63) is 35.9 Å². The maximum Gasteiger partial charge on any atom is 0.223 e. The number of hydrogen-bond acceptors (Lipinski definition) is 3. The molecular formula is C20H31N3O. The Kier molecular flexibility index (Phi) is 5.57. The average molecular weight is 329 g/mol. The topological polar surface area (TPSA) is 35.6 Å². The number of likely N-dealkylation sites (N-methyl/N-ethyl adjacent to an activating group) is 1. The third kappa shape index (κ3) is 4.17. The molecule has 4 nitrogen and oxygen atoms in total. The van der Waals surface area contributed by atoms with E-state index in [1.165, 1.54) is 5.56 Å². The van der Waals surface area contributed by atoms with Crippen LogP contribution < -0.4 is 5.32 Å². The largest absolute Gasteiger partial charge is 0.354 e. The number of amides is 1. The fourth-order valence-electron chi connectivity index (χ4n) is 3.83. The van der Waals surface area contributed by atoms with Gasteiger partial charge in [-0.05, 0) is 30.9 Å². The third-order valence-electron chi connectivity index (χ3n) is 5.62. The summed E-state index contributed by atoms with van der Waals surface area (Å²) in [5.41, 5.74) is 1.30. The van der Waals surface area contributed by atoms with E-state index in [0.29, 0.717) is 17.9 Å². The Hall–Kier alpha value is -1.39. The normalized spacial score (nSPS) is 26.3. The quantitative estimate of drug-likeness (QED) is 0.869. The van der Waals surface area contributed by atoms with E-state index in [9.17, 15) is 4.79 Å². The molecule has 1 aliphatic heterocycles. The Morgan fingerprint density at radius 2 is 1.83 bits per heavy atom. The fourth-order valence-corrected chi connectivity index (χ4v) is 3.83. The average Bonchev–Trinajstić information content (AvgIpc) is 3.38. The van der Waals surface area contributed by atoms with Crippen molar-refractivity contribution < 1.29 is 4.79 Å². The van der Waals surface area contributed by atoms with Crippen molar-refractivity contribution in [3.8, 4) is 0 Å². The molecular weight excluding hydrogens is 298 g/mol. The van der Waals surface area contributed by atoms with Crippen molar-refractivity contribution in [3.63, 3.8) is 0 Å². The van der Waals surface area contributed by atoms with Crippen LogP contribution in [0.1, 0.15) is 31.7 Å². The van der Waals surface area contributed by atoms with E-state index in [1.54, 1.807) is 0 Å². The maximum atomic E-state index is 12.5. The standard InChI is InChI=1S/C20H31N3O/c1-15(2)19(23-11-9-22(3)10-12-23)14-21-20(24)18-13-17(18)16-7-5-4-6-8-16/h4-8,15,17-19H,9-14H2,1-3H3,(H,21,24). The van der Waals surface area contributed by atoms with Gasteiger partial charge in [-0.3, -0.25) is 9.69 Å². The zero-order valence-electron chi connectivity index (χ0n) is 15.2. The van der Waals surface area contributed by atoms with Crippen LogP contribution >= 0.6 is 0 Å². The molecule has 1 saturated heterocycles. The second-order valence-corrected chi connectivity index (χ2v) is 7.76. The minimum absolute atomic E-state index is 0.174. The van der Waals surface area contributed by atoms with Gasteiger partial charge in [-0.15, -0.1) is 0 Å². The summed E-state index contributed by atoms with van der Waals surface area (Å²) in [4.78, 5) is 17.4. The van der Waals surface area contributed by atoms with Gasteiger partial charge in [0.2, 0.25) is 5.91 Å². The molecule has 1 N–H and O–H groups in total. The Balaban J connectivity index is 1.49. The van der Waals surface area contributed by atoms with E-state index < -0.39 is 0 Å². The lowest BCUT2D eigenvalue weighted by Crippen LogP contribution is -2.54. The highest BCUT2D eigenvalue weighted by molar-refractivity contribution is 5.82. The first-order valence-electron chi connectivity index (χ1n) is 9.31. The maximum absolute atomic E-state index is 12.5. The van der Waals surface area contributed by atoms with Crippen LogP contribution in [0.4, 0.5) is 0 Å². The van der Waals surface area contributed by atoms with Gasteiger partial charge >= 0.3 is 0 Å². The summed E-state index contributed by atoms with van der Waals surface area (Å²) >= 11 is 0.